The fourth-order valence-electron chi connectivity index (χ4n) is 4.35. The van der Waals surface area contributed by atoms with Crippen molar-refractivity contribution >= 4 is 5.91 Å². The summed E-state index contributed by atoms with van der Waals surface area (Å²) in [6.45, 7) is 10.7. The fourth-order valence-corrected chi connectivity index (χ4v) is 4.35. The number of amides is 1. The molecule has 0 aliphatic carbocycles. The molecule has 0 bridgehead atoms. The van der Waals surface area contributed by atoms with Gasteiger partial charge in [0.05, 0.1) is 0 Å². The molecule has 0 radical (unpaired) electrons. The van der Waals surface area contributed by atoms with E-state index in [0.29, 0.717) is 17.5 Å². The normalized spacial score (nSPS) is 17.6. The number of aromatic nitrogens is 2. The van der Waals surface area contributed by atoms with Crippen LogP contribution in [0, 0.1) is 18.8 Å². The van der Waals surface area contributed by atoms with Gasteiger partial charge in [-0.3, -0.25) is 9.89 Å². The van der Waals surface area contributed by atoms with Crippen LogP contribution in [0.3, 0.4) is 0 Å². The molecule has 1 amide bonds. The molecule has 0 unspecified atom stereocenters. The second-order valence-corrected chi connectivity index (χ2v) is 9.05. The zero-order valence-electron chi connectivity index (χ0n) is 18.4. The number of hydrogen-bond donors (Lipinski definition) is 1. The van der Waals surface area contributed by atoms with Crippen LogP contribution in [-0.2, 0) is 12.8 Å². The van der Waals surface area contributed by atoms with Crippen LogP contribution in [0.25, 0.3) is 0 Å². The Hall–Kier alpha value is -2.14. The van der Waals surface area contributed by atoms with Gasteiger partial charge in [0.25, 0.3) is 5.91 Å². The number of carbonyl (C=O) groups is 1. The number of rotatable bonds is 8. The van der Waals surface area contributed by atoms with Crippen molar-refractivity contribution in [2.75, 3.05) is 33.2 Å². The number of benzene rings is 1. The van der Waals surface area contributed by atoms with E-state index in [1.165, 1.54) is 24.0 Å². The maximum atomic E-state index is 12.8. The number of likely N-dealkylation sites (tertiary alicyclic amines) is 1. The summed E-state index contributed by atoms with van der Waals surface area (Å²) in [6, 6.07) is 10.6. The second kappa shape index (κ2) is 10.1. The highest BCUT2D eigenvalue weighted by molar-refractivity contribution is 5.92. The Kier molecular flexibility index (Phi) is 7.48. The zero-order valence-corrected chi connectivity index (χ0v) is 18.4. The predicted molar refractivity (Wildman–Crippen MR) is 118 cm³/mol. The lowest BCUT2D eigenvalue weighted by atomic mass is 9.96. The Morgan fingerprint density at radius 1 is 1.34 bits per heavy atom. The van der Waals surface area contributed by atoms with Gasteiger partial charge in [0.1, 0.15) is 5.69 Å². The number of H-pyrrole nitrogens is 1. The van der Waals surface area contributed by atoms with Crippen molar-refractivity contribution < 1.29 is 4.79 Å². The summed E-state index contributed by atoms with van der Waals surface area (Å²) in [6.07, 6.45) is 4.42. The third-order valence-electron chi connectivity index (χ3n) is 5.92. The van der Waals surface area contributed by atoms with E-state index in [9.17, 15) is 4.79 Å². The van der Waals surface area contributed by atoms with Crippen molar-refractivity contribution in [3.05, 3.63) is 52.8 Å². The lowest BCUT2D eigenvalue weighted by Gasteiger charge is -2.34. The molecule has 1 aliphatic heterocycles. The summed E-state index contributed by atoms with van der Waals surface area (Å²) in [5.41, 5.74) is 4.40. The summed E-state index contributed by atoms with van der Waals surface area (Å²) < 4.78 is 0. The Balaban J connectivity index is 1.49. The average molecular weight is 397 g/mol. The Labute approximate surface area is 175 Å². The van der Waals surface area contributed by atoms with E-state index in [-0.39, 0.29) is 5.91 Å². The first-order valence-electron chi connectivity index (χ1n) is 11.0. The molecule has 29 heavy (non-hydrogen) atoms. The average Bonchev–Trinajstić information content (AvgIpc) is 3.14. The van der Waals surface area contributed by atoms with E-state index in [4.69, 9.17) is 0 Å². The van der Waals surface area contributed by atoms with Crippen LogP contribution in [0.1, 0.15) is 54.0 Å². The van der Waals surface area contributed by atoms with E-state index in [0.717, 1.165) is 44.7 Å². The van der Waals surface area contributed by atoms with Gasteiger partial charge in [0.2, 0.25) is 0 Å². The summed E-state index contributed by atoms with van der Waals surface area (Å²) in [7, 11) is 1.91. The first-order chi connectivity index (χ1) is 13.9. The summed E-state index contributed by atoms with van der Waals surface area (Å²) in [5, 5.41) is 7.26. The fraction of sp³-hybridized carbons (Fsp3) is 0.583. The smallest absolute Gasteiger partial charge is 0.274 e. The van der Waals surface area contributed by atoms with Crippen LogP contribution >= 0.6 is 0 Å². The predicted octanol–water partition coefficient (Wildman–Crippen LogP) is 3.94. The van der Waals surface area contributed by atoms with E-state index >= 15 is 0 Å². The SMILES string of the molecule is Cc1ccccc1CCN1CCC[C@H](CN(C)C(=O)c2cc(CC(C)C)[nH]n2)C1. The standard InChI is InChI=1S/C24H36N4O/c1-18(2)14-22-15-23(26-25-22)24(29)27(4)16-20-9-7-12-28(17-20)13-11-21-10-6-5-8-19(21)3/h5-6,8,10,15,18,20H,7,9,11-14,16-17H2,1-4H3,(H,25,26)/t20-/m1/s1. The third kappa shape index (κ3) is 6.17. The van der Waals surface area contributed by atoms with Crippen LogP contribution < -0.4 is 0 Å². The Morgan fingerprint density at radius 3 is 2.90 bits per heavy atom. The van der Waals surface area contributed by atoms with Gasteiger partial charge >= 0.3 is 0 Å². The van der Waals surface area contributed by atoms with Gasteiger partial charge in [-0.25, -0.2) is 0 Å². The lowest BCUT2D eigenvalue weighted by molar-refractivity contribution is 0.0724. The minimum Gasteiger partial charge on any atom is -0.340 e. The quantitative estimate of drug-likeness (QED) is 0.735. The first-order valence-corrected chi connectivity index (χ1v) is 11.0. The molecule has 158 valence electrons. The van der Waals surface area contributed by atoms with Gasteiger partial charge in [0, 0.05) is 32.4 Å². The monoisotopic (exact) mass is 396 g/mol. The molecule has 3 rings (SSSR count). The van der Waals surface area contributed by atoms with Gasteiger partial charge in [-0.15, -0.1) is 0 Å². The molecule has 5 heteroatoms. The molecule has 1 aromatic heterocycles. The van der Waals surface area contributed by atoms with Crippen molar-refractivity contribution in [2.45, 2.75) is 46.5 Å². The molecule has 1 aliphatic rings. The summed E-state index contributed by atoms with van der Waals surface area (Å²) in [5.74, 6) is 1.10. The van der Waals surface area contributed by atoms with Gasteiger partial charge in [-0.05, 0) is 68.2 Å². The van der Waals surface area contributed by atoms with E-state index in [2.05, 4.69) is 60.1 Å². The number of aromatic amines is 1. The number of hydrogen-bond acceptors (Lipinski definition) is 3. The topological polar surface area (TPSA) is 52.2 Å². The number of carbonyl (C=O) groups excluding carboxylic acids is 1. The van der Waals surface area contributed by atoms with Crippen LogP contribution in [0.5, 0.6) is 0 Å². The van der Waals surface area contributed by atoms with Crippen molar-refractivity contribution in [1.82, 2.24) is 20.0 Å². The van der Waals surface area contributed by atoms with E-state index in [1.54, 1.807) is 0 Å². The van der Waals surface area contributed by atoms with Crippen molar-refractivity contribution in [3.63, 3.8) is 0 Å². The van der Waals surface area contributed by atoms with Gasteiger partial charge in [-0.1, -0.05) is 38.1 Å². The van der Waals surface area contributed by atoms with Crippen molar-refractivity contribution in [3.8, 4) is 0 Å². The molecule has 1 N–H and O–H groups in total. The first kappa shape index (κ1) is 21.6. The molecule has 0 saturated carbocycles. The number of nitrogens with one attached hydrogen (secondary N) is 1. The molecule has 1 aromatic carbocycles. The molecule has 2 heterocycles. The molecular formula is C24H36N4O. The maximum Gasteiger partial charge on any atom is 0.274 e. The molecule has 0 spiro atoms. The summed E-state index contributed by atoms with van der Waals surface area (Å²) >= 11 is 0. The highest BCUT2D eigenvalue weighted by Gasteiger charge is 2.24. The highest BCUT2D eigenvalue weighted by Crippen LogP contribution is 2.19. The number of piperidine rings is 1. The van der Waals surface area contributed by atoms with Gasteiger partial charge in [-0.2, -0.15) is 5.10 Å². The van der Waals surface area contributed by atoms with Gasteiger partial charge in [0.15, 0.2) is 0 Å². The number of aryl methyl sites for hydroxylation is 1. The second-order valence-electron chi connectivity index (χ2n) is 9.05. The van der Waals surface area contributed by atoms with Crippen LogP contribution in [-0.4, -0.2) is 59.1 Å². The van der Waals surface area contributed by atoms with Gasteiger partial charge < -0.3 is 9.80 Å². The largest absolute Gasteiger partial charge is 0.340 e. The molecule has 5 nitrogen and oxygen atoms in total. The summed E-state index contributed by atoms with van der Waals surface area (Å²) in [4.78, 5) is 17.2. The molecular weight excluding hydrogens is 360 g/mol. The van der Waals surface area contributed by atoms with Crippen LogP contribution in [0.4, 0.5) is 0 Å². The van der Waals surface area contributed by atoms with Crippen LogP contribution in [0.2, 0.25) is 0 Å². The minimum atomic E-state index is 0.0216. The van der Waals surface area contributed by atoms with E-state index in [1.807, 2.05) is 18.0 Å². The third-order valence-corrected chi connectivity index (χ3v) is 5.92. The molecule has 1 atom stereocenters. The highest BCUT2D eigenvalue weighted by atomic mass is 16.2. The van der Waals surface area contributed by atoms with E-state index < -0.39 is 0 Å². The molecule has 1 fully saturated rings. The Bertz CT molecular complexity index is 798. The molecule has 2 aromatic rings. The number of nitrogens with zero attached hydrogens (tertiary/aromatic N) is 3. The maximum absolute atomic E-state index is 12.8. The lowest BCUT2D eigenvalue weighted by Crippen LogP contribution is -2.42. The van der Waals surface area contributed by atoms with Crippen molar-refractivity contribution in [2.24, 2.45) is 11.8 Å². The minimum absolute atomic E-state index is 0.0216. The van der Waals surface area contributed by atoms with Crippen LogP contribution in [0.15, 0.2) is 30.3 Å². The Morgan fingerprint density at radius 2 is 2.14 bits per heavy atom. The molecule has 1 saturated heterocycles. The van der Waals surface area contributed by atoms with Crippen molar-refractivity contribution in [1.29, 1.82) is 0 Å². The zero-order chi connectivity index (χ0) is 20.8.